The molecule has 1 heterocycles. The number of piperidine rings is 1. The smallest absolute Gasteiger partial charge is 0.136 e. The molecule has 8 heavy (non-hydrogen) atoms. The molecular formula is C5H9FNO. The Hall–Kier alpha value is -0.150. The first kappa shape index (κ1) is 5.98. The van der Waals surface area contributed by atoms with Crippen LogP contribution in [0.5, 0.6) is 0 Å². The summed E-state index contributed by atoms with van der Waals surface area (Å²) in [5.74, 6) is 0. The van der Waals surface area contributed by atoms with Gasteiger partial charge < -0.3 is 5.32 Å². The highest BCUT2D eigenvalue weighted by atomic mass is 19.1. The Kier molecular flexibility index (Phi) is 1.81. The summed E-state index contributed by atoms with van der Waals surface area (Å²) < 4.78 is 12.2. The molecule has 0 spiro atoms. The molecule has 0 aromatic rings. The third kappa shape index (κ3) is 1.17. The van der Waals surface area contributed by atoms with Crippen LogP contribution in [-0.4, -0.2) is 25.4 Å². The van der Waals surface area contributed by atoms with Gasteiger partial charge in [-0.1, -0.05) is 0 Å². The summed E-state index contributed by atoms with van der Waals surface area (Å²) in [5.41, 5.74) is 0. The van der Waals surface area contributed by atoms with Crippen molar-refractivity contribution in [3.05, 3.63) is 0 Å². The van der Waals surface area contributed by atoms with Gasteiger partial charge in [0.25, 0.3) is 0 Å². The first-order chi connectivity index (χ1) is 3.80. The third-order valence-electron chi connectivity index (χ3n) is 1.35. The predicted octanol–water partition coefficient (Wildman–Crippen LogP) is 0.117. The average Bonchev–Trinajstić information content (AvgIpc) is 1.77. The maximum atomic E-state index is 12.2. The Morgan fingerprint density at radius 3 is 2.75 bits per heavy atom. The van der Waals surface area contributed by atoms with Crippen LogP contribution in [0.15, 0.2) is 0 Å². The first-order valence-corrected chi connectivity index (χ1v) is 2.81. The molecule has 1 fully saturated rings. The van der Waals surface area contributed by atoms with Crippen LogP contribution in [-0.2, 0) is 5.11 Å². The summed E-state index contributed by atoms with van der Waals surface area (Å²) in [6.07, 6.45) is -1.76. The lowest BCUT2D eigenvalue weighted by molar-refractivity contribution is 0.00108. The van der Waals surface area contributed by atoms with Crippen LogP contribution < -0.4 is 5.32 Å². The van der Waals surface area contributed by atoms with Crippen molar-refractivity contribution in [3.8, 4) is 0 Å². The van der Waals surface area contributed by atoms with Crippen molar-refractivity contribution in [3.63, 3.8) is 0 Å². The molecule has 2 atom stereocenters. The SMILES string of the molecule is [O]C1CNCCC1F. The summed E-state index contributed by atoms with van der Waals surface area (Å²) in [4.78, 5) is 0. The van der Waals surface area contributed by atoms with Crippen molar-refractivity contribution >= 4 is 0 Å². The van der Waals surface area contributed by atoms with Crippen molar-refractivity contribution in [2.24, 2.45) is 0 Å². The highest BCUT2D eigenvalue weighted by molar-refractivity contribution is 4.75. The lowest BCUT2D eigenvalue weighted by atomic mass is 10.1. The maximum absolute atomic E-state index is 12.2. The van der Waals surface area contributed by atoms with Crippen molar-refractivity contribution in [1.82, 2.24) is 5.32 Å². The monoisotopic (exact) mass is 118 g/mol. The Bertz CT molecular complexity index is 68.8. The van der Waals surface area contributed by atoms with E-state index in [-0.39, 0.29) is 0 Å². The fourth-order valence-electron chi connectivity index (χ4n) is 0.798. The lowest BCUT2D eigenvalue weighted by Crippen LogP contribution is -2.40. The molecule has 0 saturated carbocycles. The zero-order valence-electron chi connectivity index (χ0n) is 4.56. The van der Waals surface area contributed by atoms with E-state index in [4.69, 9.17) is 0 Å². The second-order valence-corrected chi connectivity index (χ2v) is 2.05. The minimum Gasteiger partial charge on any atom is -0.314 e. The average molecular weight is 118 g/mol. The molecular weight excluding hydrogens is 109 g/mol. The van der Waals surface area contributed by atoms with Gasteiger partial charge in [-0.25, -0.2) is 9.50 Å². The van der Waals surface area contributed by atoms with Gasteiger partial charge >= 0.3 is 0 Å². The van der Waals surface area contributed by atoms with Gasteiger partial charge in [0.2, 0.25) is 0 Å². The summed E-state index contributed by atoms with van der Waals surface area (Å²) in [6.45, 7) is 0.946. The summed E-state index contributed by atoms with van der Waals surface area (Å²) >= 11 is 0. The van der Waals surface area contributed by atoms with Crippen LogP contribution in [0.3, 0.4) is 0 Å². The Morgan fingerprint density at radius 1 is 1.62 bits per heavy atom. The van der Waals surface area contributed by atoms with Crippen LogP contribution in [0.25, 0.3) is 0 Å². The van der Waals surface area contributed by atoms with E-state index in [0.717, 1.165) is 0 Å². The molecule has 0 aliphatic carbocycles. The Balaban J connectivity index is 2.28. The molecule has 0 aromatic carbocycles. The van der Waals surface area contributed by atoms with Gasteiger partial charge in [-0.15, -0.1) is 0 Å². The molecule has 0 aromatic heterocycles. The molecule has 0 bridgehead atoms. The fourth-order valence-corrected chi connectivity index (χ4v) is 0.798. The van der Waals surface area contributed by atoms with Crippen molar-refractivity contribution in [1.29, 1.82) is 0 Å². The summed E-state index contributed by atoms with van der Waals surface area (Å²) in [7, 11) is 0. The molecule has 1 saturated heterocycles. The second kappa shape index (κ2) is 2.42. The van der Waals surface area contributed by atoms with Gasteiger partial charge in [-0.3, -0.25) is 0 Å². The van der Waals surface area contributed by atoms with E-state index >= 15 is 0 Å². The van der Waals surface area contributed by atoms with Crippen LogP contribution >= 0.6 is 0 Å². The highest BCUT2D eigenvalue weighted by Crippen LogP contribution is 2.06. The lowest BCUT2D eigenvalue weighted by Gasteiger charge is -2.19. The van der Waals surface area contributed by atoms with Crippen LogP contribution in [0.1, 0.15) is 6.42 Å². The van der Waals surface area contributed by atoms with Crippen molar-refractivity contribution in [2.75, 3.05) is 13.1 Å². The van der Waals surface area contributed by atoms with E-state index in [1.807, 2.05) is 0 Å². The minimum atomic E-state index is -1.11. The molecule has 1 radical (unpaired) electrons. The van der Waals surface area contributed by atoms with Gasteiger partial charge in [0, 0.05) is 6.54 Å². The number of hydrogen-bond acceptors (Lipinski definition) is 1. The standard InChI is InChI=1S/C5H9FNO/c6-4-1-2-7-3-5(4)8/h4-5,7H,1-3H2. The topological polar surface area (TPSA) is 31.9 Å². The third-order valence-corrected chi connectivity index (χ3v) is 1.35. The van der Waals surface area contributed by atoms with Crippen LogP contribution in [0.2, 0.25) is 0 Å². The molecule has 0 amide bonds. The van der Waals surface area contributed by atoms with E-state index < -0.39 is 12.3 Å². The van der Waals surface area contributed by atoms with E-state index in [1.54, 1.807) is 0 Å². The van der Waals surface area contributed by atoms with E-state index in [0.29, 0.717) is 19.5 Å². The van der Waals surface area contributed by atoms with Gasteiger partial charge in [0.05, 0.1) is 0 Å². The quantitative estimate of drug-likeness (QED) is 0.481. The van der Waals surface area contributed by atoms with E-state index in [9.17, 15) is 9.50 Å². The number of alkyl halides is 1. The van der Waals surface area contributed by atoms with Gasteiger partial charge in [0.15, 0.2) is 0 Å². The molecule has 47 valence electrons. The first-order valence-electron chi connectivity index (χ1n) is 2.81. The largest absolute Gasteiger partial charge is 0.314 e. The molecule has 1 N–H and O–H groups in total. The van der Waals surface area contributed by atoms with Gasteiger partial charge in [-0.05, 0) is 13.0 Å². The normalized spacial score (nSPS) is 39.8. The molecule has 1 aliphatic heterocycles. The highest BCUT2D eigenvalue weighted by Gasteiger charge is 2.22. The number of hydrogen-bond donors (Lipinski definition) is 1. The minimum absolute atomic E-state index is 0.293. The fraction of sp³-hybridized carbons (Fsp3) is 1.00. The number of halogens is 1. The zero-order valence-corrected chi connectivity index (χ0v) is 4.56. The van der Waals surface area contributed by atoms with Gasteiger partial charge in [-0.2, -0.15) is 0 Å². The zero-order chi connectivity index (χ0) is 5.98. The Morgan fingerprint density at radius 2 is 2.38 bits per heavy atom. The molecule has 3 heteroatoms. The van der Waals surface area contributed by atoms with Gasteiger partial charge in [0.1, 0.15) is 12.3 Å². The summed E-state index contributed by atoms with van der Waals surface area (Å²) in [6, 6.07) is 0. The van der Waals surface area contributed by atoms with Crippen molar-refractivity contribution < 1.29 is 9.50 Å². The van der Waals surface area contributed by atoms with Crippen LogP contribution in [0, 0.1) is 0 Å². The molecule has 2 nitrogen and oxygen atoms in total. The molecule has 2 unspecified atom stereocenters. The predicted molar refractivity (Wildman–Crippen MR) is 26.9 cm³/mol. The Labute approximate surface area is 47.7 Å². The molecule has 1 aliphatic rings. The van der Waals surface area contributed by atoms with E-state index in [1.165, 1.54) is 0 Å². The molecule has 1 rings (SSSR count). The van der Waals surface area contributed by atoms with Crippen LogP contribution in [0.4, 0.5) is 4.39 Å². The van der Waals surface area contributed by atoms with Crippen molar-refractivity contribution in [2.45, 2.75) is 18.7 Å². The summed E-state index contributed by atoms with van der Waals surface area (Å²) in [5, 5.41) is 13.3. The van der Waals surface area contributed by atoms with E-state index in [2.05, 4.69) is 5.32 Å². The second-order valence-electron chi connectivity index (χ2n) is 2.05. The number of nitrogens with one attached hydrogen (secondary N) is 1. The maximum Gasteiger partial charge on any atom is 0.136 e. The number of rotatable bonds is 0.